The lowest BCUT2D eigenvalue weighted by Gasteiger charge is -2.11. The zero-order valence-electron chi connectivity index (χ0n) is 12.2. The van der Waals surface area contributed by atoms with E-state index in [-0.39, 0.29) is 4.90 Å². The number of sulfonamides is 1. The number of rotatable bonds is 6. The molecule has 0 saturated carbocycles. The first-order valence-corrected chi connectivity index (χ1v) is 8.47. The van der Waals surface area contributed by atoms with Gasteiger partial charge in [-0.1, -0.05) is 13.8 Å². The highest BCUT2D eigenvalue weighted by Crippen LogP contribution is 2.29. The maximum atomic E-state index is 11.6. The minimum Gasteiger partial charge on any atom is -0.493 e. The fourth-order valence-corrected chi connectivity index (χ4v) is 2.84. The van der Waals surface area contributed by atoms with Crippen molar-refractivity contribution in [3.05, 3.63) is 30.5 Å². The Morgan fingerprint density at radius 1 is 1.29 bits per heavy atom. The van der Waals surface area contributed by atoms with Crippen molar-refractivity contribution in [1.82, 2.24) is 4.98 Å². The van der Waals surface area contributed by atoms with Crippen LogP contribution in [0.5, 0.6) is 5.75 Å². The number of primary sulfonamides is 1. The second-order valence-electron chi connectivity index (χ2n) is 5.39. The van der Waals surface area contributed by atoms with E-state index in [1.54, 1.807) is 24.4 Å². The van der Waals surface area contributed by atoms with Crippen molar-refractivity contribution in [2.45, 2.75) is 31.6 Å². The van der Waals surface area contributed by atoms with Crippen LogP contribution < -0.4 is 9.88 Å². The lowest BCUT2D eigenvalue weighted by molar-refractivity contribution is 0.301. The summed E-state index contributed by atoms with van der Waals surface area (Å²) in [6, 6.07) is 6.62. The number of hydrogen-bond acceptors (Lipinski definition) is 4. The summed E-state index contributed by atoms with van der Waals surface area (Å²) in [5.41, 5.74) is 0.348. The van der Waals surface area contributed by atoms with E-state index in [1.165, 1.54) is 6.07 Å². The highest BCUT2D eigenvalue weighted by molar-refractivity contribution is 7.89. The molecule has 0 unspecified atom stereocenters. The number of pyridine rings is 1. The second kappa shape index (κ2) is 6.41. The molecule has 1 aromatic heterocycles. The third kappa shape index (κ3) is 3.92. The summed E-state index contributed by atoms with van der Waals surface area (Å²) in [6.07, 6.45) is 3.58. The largest absolute Gasteiger partial charge is 0.493 e. The van der Waals surface area contributed by atoms with Crippen molar-refractivity contribution < 1.29 is 13.2 Å². The molecule has 0 amide bonds. The van der Waals surface area contributed by atoms with Gasteiger partial charge in [-0.3, -0.25) is 4.98 Å². The van der Waals surface area contributed by atoms with E-state index < -0.39 is 10.0 Å². The molecular formula is C15H20N2O3S. The number of nitrogens with two attached hydrogens (primary N) is 1. The van der Waals surface area contributed by atoms with E-state index in [2.05, 4.69) is 18.8 Å². The van der Waals surface area contributed by atoms with Crippen molar-refractivity contribution in [1.29, 1.82) is 0 Å². The van der Waals surface area contributed by atoms with Crippen LogP contribution in [0.15, 0.2) is 35.4 Å². The molecule has 2 aromatic rings. The molecule has 0 saturated heterocycles. The molecule has 0 fully saturated rings. The van der Waals surface area contributed by atoms with E-state index in [0.717, 1.165) is 12.8 Å². The summed E-state index contributed by atoms with van der Waals surface area (Å²) < 4.78 is 28.9. The number of benzene rings is 1. The van der Waals surface area contributed by atoms with Gasteiger partial charge in [0, 0.05) is 11.6 Å². The Bertz CT molecular complexity index is 727. The summed E-state index contributed by atoms with van der Waals surface area (Å²) in [5.74, 6) is 1.27. The van der Waals surface area contributed by atoms with Crippen LogP contribution in [0, 0.1) is 5.92 Å². The standard InChI is InChI=1S/C15H20N2O3S/c1-11(2)5-4-10-20-13-7-8-14(21(16,18)19)15-12(13)6-3-9-17-15/h3,6-9,11H,4-5,10H2,1-2H3,(H2,16,18,19). The lowest BCUT2D eigenvalue weighted by atomic mass is 10.1. The third-order valence-electron chi connectivity index (χ3n) is 3.18. The Kier molecular flexibility index (Phi) is 4.80. The molecule has 2 N–H and O–H groups in total. The molecule has 0 atom stereocenters. The molecular weight excluding hydrogens is 288 g/mol. The normalized spacial score (nSPS) is 12.0. The summed E-state index contributed by atoms with van der Waals surface area (Å²) in [4.78, 5) is 4.15. The van der Waals surface area contributed by atoms with Gasteiger partial charge in [0.05, 0.1) is 12.1 Å². The number of aromatic nitrogens is 1. The summed E-state index contributed by atoms with van der Waals surface area (Å²) in [5, 5.41) is 5.88. The summed E-state index contributed by atoms with van der Waals surface area (Å²) in [6.45, 7) is 4.93. The van der Waals surface area contributed by atoms with Gasteiger partial charge in [0.15, 0.2) is 0 Å². The fourth-order valence-electron chi connectivity index (χ4n) is 2.15. The molecule has 2 rings (SSSR count). The van der Waals surface area contributed by atoms with E-state index in [0.29, 0.717) is 29.2 Å². The van der Waals surface area contributed by atoms with Crippen LogP contribution in [0.1, 0.15) is 26.7 Å². The Balaban J connectivity index is 2.31. The van der Waals surface area contributed by atoms with Gasteiger partial charge in [-0.05, 0) is 43.0 Å². The van der Waals surface area contributed by atoms with Crippen molar-refractivity contribution >= 4 is 20.9 Å². The number of nitrogens with zero attached hydrogens (tertiary/aromatic N) is 1. The van der Waals surface area contributed by atoms with Gasteiger partial charge in [0.25, 0.3) is 0 Å². The van der Waals surface area contributed by atoms with Gasteiger partial charge in [-0.15, -0.1) is 0 Å². The topological polar surface area (TPSA) is 82.3 Å². The predicted octanol–water partition coefficient (Wildman–Crippen LogP) is 2.70. The molecule has 21 heavy (non-hydrogen) atoms. The fraction of sp³-hybridized carbons (Fsp3) is 0.400. The van der Waals surface area contributed by atoms with Crippen molar-refractivity contribution in [3.8, 4) is 5.75 Å². The molecule has 0 aliphatic rings. The Morgan fingerprint density at radius 2 is 2.05 bits per heavy atom. The van der Waals surface area contributed by atoms with Crippen LogP contribution >= 0.6 is 0 Å². The molecule has 6 heteroatoms. The first kappa shape index (κ1) is 15.7. The van der Waals surface area contributed by atoms with Crippen molar-refractivity contribution in [2.75, 3.05) is 6.61 Å². The quantitative estimate of drug-likeness (QED) is 0.832. The molecule has 0 aliphatic carbocycles. The number of fused-ring (bicyclic) bond motifs is 1. The van der Waals surface area contributed by atoms with Gasteiger partial charge in [-0.2, -0.15) is 0 Å². The Labute approximate surface area is 125 Å². The van der Waals surface area contributed by atoms with Crippen LogP contribution in [-0.2, 0) is 10.0 Å². The Morgan fingerprint density at radius 3 is 2.71 bits per heavy atom. The van der Waals surface area contributed by atoms with Gasteiger partial charge in [-0.25, -0.2) is 13.6 Å². The molecule has 1 heterocycles. The van der Waals surface area contributed by atoms with Gasteiger partial charge < -0.3 is 4.74 Å². The van der Waals surface area contributed by atoms with Crippen LogP contribution in [0.25, 0.3) is 10.9 Å². The van der Waals surface area contributed by atoms with E-state index >= 15 is 0 Å². The molecule has 0 aliphatic heterocycles. The molecule has 0 radical (unpaired) electrons. The van der Waals surface area contributed by atoms with Gasteiger partial charge in [0.2, 0.25) is 10.0 Å². The average molecular weight is 308 g/mol. The Hall–Kier alpha value is -1.66. The smallest absolute Gasteiger partial charge is 0.240 e. The van der Waals surface area contributed by atoms with Crippen molar-refractivity contribution in [2.24, 2.45) is 11.1 Å². The zero-order chi connectivity index (χ0) is 15.5. The monoisotopic (exact) mass is 308 g/mol. The van der Waals surface area contributed by atoms with E-state index in [1.807, 2.05) is 0 Å². The molecule has 114 valence electrons. The molecule has 0 bridgehead atoms. The lowest BCUT2D eigenvalue weighted by Crippen LogP contribution is -2.13. The number of ether oxygens (including phenoxy) is 1. The van der Waals surface area contributed by atoms with E-state index in [4.69, 9.17) is 9.88 Å². The minimum atomic E-state index is -3.80. The molecule has 1 aromatic carbocycles. The van der Waals surface area contributed by atoms with Crippen LogP contribution in [-0.4, -0.2) is 20.0 Å². The summed E-state index contributed by atoms with van der Waals surface area (Å²) >= 11 is 0. The average Bonchev–Trinajstić information content (AvgIpc) is 2.42. The second-order valence-corrected chi connectivity index (χ2v) is 6.92. The van der Waals surface area contributed by atoms with Gasteiger partial charge >= 0.3 is 0 Å². The highest BCUT2D eigenvalue weighted by atomic mass is 32.2. The van der Waals surface area contributed by atoms with Crippen molar-refractivity contribution in [3.63, 3.8) is 0 Å². The highest BCUT2D eigenvalue weighted by Gasteiger charge is 2.16. The van der Waals surface area contributed by atoms with Crippen LogP contribution in [0.4, 0.5) is 0 Å². The first-order chi connectivity index (χ1) is 9.89. The van der Waals surface area contributed by atoms with Crippen LogP contribution in [0.2, 0.25) is 0 Å². The zero-order valence-corrected chi connectivity index (χ0v) is 13.1. The van der Waals surface area contributed by atoms with E-state index in [9.17, 15) is 8.42 Å². The summed E-state index contributed by atoms with van der Waals surface area (Å²) in [7, 11) is -3.80. The first-order valence-electron chi connectivity index (χ1n) is 6.93. The third-order valence-corrected chi connectivity index (χ3v) is 4.13. The number of hydrogen-bond donors (Lipinski definition) is 1. The molecule has 5 nitrogen and oxygen atoms in total. The maximum absolute atomic E-state index is 11.6. The van der Waals surface area contributed by atoms with Crippen LogP contribution in [0.3, 0.4) is 0 Å². The predicted molar refractivity (Wildman–Crippen MR) is 82.7 cm³/mol. The van der Waals surface area contributed by atoms with Gasteiger partial charge in [0.1, 0.15) is 10.6 Å². The maximum Gasteiger partial charge on any atom is 0.240 e. The SMILES string of the molecule is CC(C)CCCOc1ccc(S(N)(=O)=O)c2ncccc12. The molecule has 0 spiro atoms. The minimum absolute atomic E-state index is 0.0210.